The van der Waals surface area contributed by atoms with Gasteiger partial charge in [0.1, 0.15) is 5.78 Å². The molecule has 1 heteroatoms. The number of Topliss-reactive ketones (excluding diaryl/α,β-unsaturated/α-hetero) is 1. The first-order chi connectivity index (χ1) is 24.8. The van der Waals surface area contributed by atoms with Gasteiger partial charge in [0, 0.05) is 11.8 Å². The van der Waals surface area contributed by atoms with Crippen molar-refractivity contribution in [3.8, 4) is 0 Å². The van der Waals surface area contributed by atoms with Crippen LogP contribution >= 0.6 is 0 Å². The maximum absolute atomic E-state index is 14.8. The predicted molar refractivity (Wildman–Crippen MR) is 201 cm³/mol. The standard InChI is InChI=1S/C49H52O/c50-49-41(31-19-9-3-10-20-31)47-37-27-25-35-43-36(26-28-38(44(37)43)48(47)42(49)32-21-11-4-12-22-32)46-40(30-17-7-2-8-18-30)34-24-14-13-23-33(34)39(45(35)46)29-15-5-1-6-16-29/h1-12,15-22,33-48H,13-14,23-28H2. The number of benzene rings is 4. The Hall–Kier alpha value is -3.45. The monoisotopic (exact) mass is 656 g/mol. The minimum absolute atomic E-state index is 0.0534. The Morgan fingerprint density at radius 2 is 0.640 bits per heavy atom. The van der Waals surface area contributed by atoms with E-state index in [0.29, 0.717) is 41.3 Å². The van der Waals surface area contributed by atoms with Crippen LogP contribution in [0.3, 0.4) is 0 Å². The summed E-state index contributed by atoms with van der Waals surface area (Å²) in [6.07, 6.45) is 11.1. The van der Waals surface area contributed by atoms with E-state index >= 15 is 0 Å². The van der Waals surface area contributed by atoms with E-state index in [0.717, 1.165) is 47.3 Å². The summed E-state index contributed by atoms with van der Waals surface area (Å²) >= 11 is 0. The van der Waals surface area contributed by atoms with Crippen LogP contribution < -0.4 is 0 Å². The number of hydrogen-bond acceptors (Lipinski definition) is 1. The van der Waals surface area contributed by atoms with Crippen LogP contribution in [0.15, 0.2) is 121 Å². The van der Waals surface area contributed by atoms with E-state index in [-0.39, 0.29) is 11.8 Å². The van der Waals surface area contributed by atoms with Gasteiger partial charge in [-0.3, -0.25) is 4.79 Å². The predicted octanol–water partition coefficient (Wildman–Crippen LogP) is 11.3. The van der Waals surface area contributed by atoms with E-state index < -0.39 is 0 Å². The van der Waals surface area contributed by atoms with Crippen LogP contribution in [0.25, 0.3) is 0 Å². The molecule has 1 nitrogen and oxygen atoms in total. The van der Waals surface area contributed by atoms with Crippen molar-refractivity contribution >= 4 is 5.78 Å². The van der Waals surface area contributed by atoms with Gasteiger partial charge in [0.15, 0.2) is 0 Å². The zero-order valence-electron chi connectivity index (χ0n) is 29.3. The third-order valence-electron chi connectivity index (χ3n) is 16.7. The van der Waals surface area contributed by atoms with E-state index in [1.807, 2.05) is 0 Å². The fourth-order valence-electron chi connectivity index (χ4n) is 15.8. The molecule has 254 valence electrons. The van der Waals surface area contributed by atoms with Gasteiger partial charge in [0.05, 0.1) is 0 Å². The summed E-state index contributed by atoms with van der Waals surface area (Å²) in [7, 11) is 0. The van der Waals surface area contributed by atoms with Crippen LogP contribution in [0.1, 0.15) is 97.3 Å². The van der Waals surface area contributed by atoms with Gasteiger partial charge in [0.2, 0.25) is 0 Å². The average molecular weight is 657 g/mol. The number of carbonyl (C=O) groups excluding carboxylic acids is 1. The number of fused-ring (bicyclic) bond motifs is 7. The van der Waals surface area contributed by atoms with Gasteiger partial charge in [-0.25, -0.2) is 0 Å². The van der Waals surface area contributed by atoms with E-state index in [1.165, 1.54) is 62.5 Å². The third-order valence-corrected chi connectivity index (χ3v) is 16.7. The highest BCUT2D eigenvalue weighted by Gasteiger charge is 2.72. The zero-order chi connectivity index (χ0) is 32.9. The van der Waals surface area contributed by atoms with Gasteiger partial charge in [-0.05, 0) is 144 Å². The Balaban J connectivity index is 1.06. The highest BCUT2D eigenvalue weighted by molar-refractivity contribution is 5.95. The Kier molecular flexibility index (Phi) is 7.12. The van der Waals surface area contributed by atoms with Crippen LogP contribution in [0.4, 0.5) is 0 Å². The van der Waals surface area contributed by atoms with E-state index in [9.17, 15) is 4.79 Å². The van der Waals surface area contributed by atoms with Gasteiger partial charge >= 0.3 is 0 Å². The molecule has 14 unspecified atom stereocenters. The first-order valence-corrected chi connectivity index (χ1v) is 20.5. The van der Waals surface area contributed by atoms with Crippen molar-refractivity contribution in [1.82, 2.24) is 0 Å². The quantitative estimate of drug-likeness (QED) is 0.214. The molecule has 0 radical (unpaired) electrons. The maximum atomic E-state index is 14.8. The molecule has 0 spiro atoms. The van der Waals surface area contributed by atoms with Crippen molar-refractivity contribution in [2.45, 2.75) is 75.0 Å². The van der Waals surface area contributed by atoms with Crippen molar-refractivity contribution < 1.29 is 4.79 Å². The van der Waals surface area contributed by atoms with Crippen LogP contribution in [0.5, 0.6) is 0 Å². The number of rotatable bonds is 4. The molecule has 0 saturated heterocycles. The third kappa shape index (κ3) is 4.22. The van der Waals surface area contributed by atoms with Crippen molar-refractivity contribution in [1.29, 1.82) is 0 Å². The van der Waals surface area contributed by atoms with Gasteiger partial charge < -0.3 is 0 Å². The summed E-state index contributed by atoms with van der Waals surface area (Å²) in [4.78, 5) is 14.8. The molecule has 11 rings (SSSR count). The fourth-order valence-corrected chi connectivity index (χ4v) is 15.8. The molecule has 4 aromatic rings. The smallest absolute Gasteiger partial charge is 0.148 e. The van der Waals surface area contributed by atoms with Gasteiger partial charge in [-0.1, -0.05) is 134 Å². The van der Waals surface area contributed by atoms with Crippen LogP contribution in [-0.4, -0.2) is 5.78 Å². The molecule has 14 atom stereocenters. The Bertz CT molecular complexity index is 1700. The molecule has 0 N–H and O–H groups in total. The fraction of sp³-hybridized carbons (Fsp3) is 0.490. The molecule has 0 aromatic heterocycles. The summed E-state index contributed by atoms with van der Waals surface area (Å²) in [6.45, 7) is 0. The topological polar surface area (TPSA) is 17.1 Å². The molecular formula is C49H52O. The number of ketones is 1. The first-order valence-electron chi connectivity index (χ1n) is 20.5. The van der Waals surface area contributed by atoms with Crippen molar-refractivity contribution in [3.63, 3.8) is 0 Å². The van der Waals surface area contributed by atoms with E-state index in [1.54, 1.807) is 11.1 Å². The summed E-state index contributed by atoms with van der Waals surface area (Å²) in [5.74, 6) is 10.8. The molecule has 0 heterocycles. The first kappa shape index (κ1) is 30.2. The molecule has 0 amide bonds. The molecule has 50 heavy (non-hydrogen) atoms. The summed E-state index contributed by atoms with van der Waals surface area (Å²) in [5, 5.41) is 0. The van der Waals surface area contributed by atoms with Crippen LogP contribution in [0.2, 0.25) is 0 Å². The lowest BCUT2D eigenvalue weighted by Crippen LogP contribution is -2.46. The van der Waals surface area contributed by atoms with E-state index in [2.05, 4.69) is 121 Å². The normalized spacial score (nSPS) is 43.8. The molecule has 4 aromatic carbocycles. The average Bonchev–Trinajstić information content (AvgIpc) is 3.79. The lowest BCUT2D eigenvalue weighted by atomic mass is 9.49. The van der Waals surface area contributed by atoms with Gasteiger partial charge in [-0.2, -0.15) is 0 Å². The molecular weight excluding hydrogens is 605 g/mol. The SMILES string of the molecule is O=C1C(c2ccccc2)C2C3CCC4C5C(CCC(C2C1c1ccccc1)C35)C1C(c2ccccc2)C2CCCCC2C(c2ccccc2)C41. The van der Waals surface area contributed by atoms with Gasteiger partial charge in [-0.15, -0.1) is 0 Å². The second-order valence-corrected chi connectivity index (χ2v) is 17.9. The van der Waals surface area contributed by atoms with Crippen LogP contribution in [-0.2, 0) is 4.79 Å². The Morgan fingerprint density at radius 1 is 0.320 bits per heavy atom. The Labute approximate surface area is 299 Å². The minimum Gasteiger partial charge on any atom is -0.298 e. The maximum Gasteiger partial charge on any atom is 0.148 e. The van der Waals surface area contributed by atoms with Crippen molar-refractivity contribution in [2.24, 2.45) is 71.0 Å². The molecule has 0 aliphatic heterocycles. The lowest BCUT2D eigenvalue weighted by Gasteiger charge is -2.55. The summed E-state index contributed by atoms with van der Waals surface area (Å²) in [6, 6.07) is 46.0. The number of hydrogen-bond donors (Lipinski definition) is 0. The molecule has 7 aliphatic rings. The molecule has 7 aliphatic carbocycles. The van der Waals surface area contributed by atoms with Crippen LogP contribution in [0, 0.1) is 71.0 Å². The molecule has 7 saturated carbocycles. The number of carbonyl (C=O) groups is 1. The zero-order valence-corrected chi connectivity index (χ0v) is 29.3. The highest BCUT2D eigenvalue weighted by atomic mass is 16.1. The highest BCUT2D eigenvalue weighted by Crippen LogP contribution is 2.77. The second-order valence-electron chi connectivity index (χ2n) is 17.9. The lowest BCUT2D eigenvalue weighted by molar-refractivity contribution is -0.121. The molecule has 0 bridgehead atoms. The Morgan fingerprint density at radius 3 is 1.00 bits per heavy atom. The van der Waals surface area contributed by atoms with Crippen molar-refractivity contribution in [2.75, 3.05) is 0 Å². The van der Waals surface area contributed by atoms with Crippen molar-refractivity contribution in [3.05, 3.63) is 144 Å². The summed E-state index contributed by atoms with van der Waals surface area (Å²) in [5.41, 5.74) is 5.90. The van der Waals surface area contributed by atoms with E-state index in [4.69, 9.17) is 0 Å². The minimum atomic E-state index is 0.0534. The summed E-state index contributed by atoms with van der Waals surface area (Å²) < 4.78 is 0. The van der Waals surface area contributed by atoms with Gasteiger partial charge in [0.25, 0.3) is 0 Å². The molecule has 7 fully saturated rings. The largest absolute Gasteiger partial charge is 0.298 e. The second kappa shape index (κ2) is 11.8.